The molecule has 2 rings (SSSR count). The number of hydrogen-bond acceptors (Lipinski definition) is 3. The van der Waals surface area contributed by atoms with Crippen molar-refractivity contribution in [1.29, 1.82) is 0 Å². The second-order valence-corrected chi connectivity index (χ2v) is 6.10. The maximum atomic E-state index is 13.5. The van der Waals surface area contributed by atoms with Gasteiger partial charge in [0, 0.05) is 5.69 Å². The molecular formula is C13H9F4NO2S. The van der Waals surface area contributed by atoms with Crippen LogP contribution in [0.25, 0.3) is 0 Å². The summed E-state index contributed by atoms with van der Waals surface area (Å²) in [7, 11) is -4.28. The van der Waals surface area contributed by atoms with Gasteiger partial charge in [0.2, 0.25) is 9.84 Å². The summed E-state index contributed by atoms with van der Waals surface area (Å²) in [5.41, 5.74) is 3.36. The van der Waals surface area contributed by atoms with Gasteiger partial charge in [-0.3, -0.25) is 0 Å². The number of nitrogen functional groups attached to an aromatic ring is 1. The highest BCUT2D eigenvalue weighted by atomic mass is 32.2. The molecule has 2 aromatic carbocycles. The molecule has 2 N–H and O–H groups in total. The minimum Gasteiger partial charge on any atom is -0.398 e. The van der Waals surface area contributed by atoms with E-state index < -0.39 is 42.9 Å². The Bertz CT molecular complexity index is 785. The summed E-state index contributed by atoms with van der Waals surface area (Å²) in [6, 6.07) is 6.56. The van der Waals surface area contributed by atoms with Crippen LogP contribution < -0.4 is 5.73 Å². The first kappa shape index (κ1) is 15.3. The van der Waals surface area contributed by atoms with Crippen LogP contribution in [0.2, 0.25) is 0 Å². The fourth-order valence-electron chi connectivity index (χ4n) is 1.76. The number of hydrogen-bond donors (Lipinski definition) is 1. The topological polar surface area (TPSA) is 60.2 Å². The van der Waals surface area contributed by atoms with Gasteiger partial charge in [-0.1, -0.05) is 12.1 Å². The Labute approximate surface area is 117 Å². The van der Waals surface area contributed by atoms with E-state index in [9.17, 15) is 26.0 Å². The van der Waals surface area contributed by atoms with E-state index in [-0.39, 0.29) is 0 Å². The van der Waals surface area contributed by atoms with Crippen LogP contribution >= 0.6 is 0 Å². The molecule has 112 valence electrons. The van der Waals surface area contributed by atoms with E-state index in [0.717, 1.165) is 18.2 Å². The molecule has 0 fully saturated rings. The standard InChI is InChI=1S/C13H9F4NO2S/c14-10-3-1-2-4-12(10)21(19,20)8-5-6-9(11(18)7-8)13(15,16)17/h1-7H,18H2. The number of rotatable bonds is 2. The fourth-order valence-corrected chi connectivity index (χ4v) is 3.12. The zero-order valence-electron chi connectivity index (χ0n) is 10.4. The van der Waals surface area contributed by atoms with Gasteiger partial charge in [-0.05, 0) is 30.3 Å². The largest absolute Gasteiger partial charge is 0.418 e. The van der Waals surface area contributed by atoms with Crippen molar-refractivity contribution < 1.29 is 26.0 Å². The normalized spacial score (nSPS) is 12.4. The van der Waals surface area contributed by atoms with E-state index in [2.05, 4.69) is 0 Å². The van der Waals surface area contributed by atoms with Gasteiger partial charge in [0.25, 0.3) is 0 Å². The van der Waals surface area contributed by atoms with Gasteiger partial charge >= 0.3 is 6.18 Å². The quantitative estimate of drug-likeness (QED) is 0.683. The second kappa shape index (κ2) is 5.03. The van der Waals surface area contributed by atoms with Crippen LogP contribution in [-0.2, 0) is 16.0 Å². The molecule has 21 heavy (non-hydrogen) atoms. The summed E-state index contributed by atoms with van der Waals surface area (Å²) in [6.07, 6.45) is -4.69. The highest BCUT2D eigenvalue weighted by molar-refractivity contribution is 7.91. The number of nitrogens with two attached hydrogens (primary N) is 1. The lowest BCUT2D eigenvalue weighted by atomic mass is 10.2. The van der Waals surface area contributed by atoms with E-state index in [4.69, 9.17) is 5.73 Å². The van der Waals surface area contributed by atoms with Crippen LogP contribution in [0.5, 0.6) is 0 Å². The van der Waals surface area contributed by atoms with E-state index in [1.165, 1.54) is 12.1 Å². The molecule has 0 saturated carbocycles. The Morgan fingerprint density at radius 2 is 1.62 bits per heavy atom. The summed E-state index contributed by atoms with van der Waals surface area (Å²) in [5.74, 6) is -0.990. The molecule has 0 bridgehead atoms. The molecule has 0 atom stereocenters. The first-order valence-corrected chi connectivity index (χ1v) is 7.08. The van der Waals surface area contributed by atoms with E-state index in [1.807, 2.05) is 0 Å². The number of anilines is 1. The Balaban J connectivity index is 2.58. The maximum absolute atomic E-state index is 13.5. The number of sulfone groups is 1. The zero-order valence-corrected chi connectivity index (χ0v) is 11.2. The van der Waals surface area contributed by atoms with Crippen molar-refractivity contribution in [3.63, 3.8) is 0 Å². The third kappa shape index (κ3) is 2.85. The van der Waals surface area contributed by atoms with Crippen LogP contribution in [0.1, 0.15) is 5.56 Å². The monoisotopic (exact) mass is 319 g/mol. The molecule has 0 spiro atoms. The molecule has 0 heterocycles. The lowest BCUT2D eigenvalue weighted by Crippen LogP contribution is -2.11. The molecule has 0 unspecified atom stereocenters. The van der Waals surface area contributed by atoms with Gasteiger partial charge in [-0.15, -0.1) is 0 Å². The Morgan fingerprint density at radius 3 is 2.14 bits per heavy atom. The second-order valence-electron chi connectivity index (χ2n) is 4.18. The predicted molar refractivity (Wildman–Crippen MR) is 67.7 cm³/mol. The third-order valence-corrected chi connectivity index (χ3v) is 4.55. The number of benzene rings is 2. The number of halogens is 4. The molecule has 3 nitrogen and oxygen atoms in total. The van der Waals surface area contributed by atoms with E-state index in [1.54, 1.807) is 0 Å². The summed E-state index contributed by atoms with van der Waals surface area (Å²) in [5, 5.41) is 0. The van der Waals surface area contributed by atoms with Crippen molar-refractivity contribution in [1.82, 2.24) is 0 Å². The lowest BCUT2D eigenvalue weighted by molar-refractivity contribution is -0.136. The van der Waals surface area contributed by atoms with Crippen molar-refractivity contribution in [2.45, 2.75) is 16.0 Å². The van der Waals surface area contributed by atoms with Crippen molar-refractivity contribution in [3.05, 3.63) is 53.8 Å². The minimum atomic E-state index is -4.69. The first-order valence-electron chi connectivity index (χ1n) is 5.60. The van der Waals surface area contributed by atoms with Crippen LogP contribution in [0, 0.1) is 5.82 Å². The molecule has 2 aromatic rings. The molecule has 0 radical (unpaired) electrons. The first-order chi connectivity index (χ1) is 9.64. The molecule has 8 heteroatoms. The third-order valence-electron chi connectivity index (χ3n) is 2.76. The zero-order chi connectivity index (χ0) is 15.8. The van der Waals surface area contributed by atoms with Crippen molar-refractivity contribution in [3.8, 4) is 0 Å². The summed E-state index contributed by atoms with van der Waals surface area (Å²) >= 11 is 0. The van der Waals surface area contributed by atoms with Gasteiger partial charge in [0.05, 0.1) is 10.5 Å². The SMILES string of the molecule is Nc1cc(S(=O)(=O)c2ccccc2F)ccc1C(F)(F)F. The summed E-state index contributed by atoms with van der Waals surface area (Å²) < 4.78 is 75.7. The van der Waals surface area contributed by atoms with E-state index >= 15 is 0 Å². The lowest BCUT2D eigenvalue weighted by Gasteiger charge is -2.12. The van der Waals surface area contributed by atoms with Gasteiger partial charge in [-0.2, -0.15) is 13.2 Å². The van der Waals surface area contributed by atoms with Crippen molar-refractivity contribution in [2.75, 3.05) is 5.73 Å². The van der Waals surface area contributed by atoms with Gasteiger partial charge in [-0.25, -0.2) is 12.8 Å². The average molecular weight is 319 g/mol. The average Bonchev–Trinajstić information content (AvgIpc) is 2.37. The molecular weight excluding hydrogens is 310 g/mol. The number of alkyl halides is 3. The van der Waals surface area contributed by atoms with Crippen LogP contribution in [0.4, 0.5) is 23.2 Å². The highest BCUT2D eigenvalue weighted by Gasteiger charge is 2.34. The molecule has 0 amide bonds. The van der Waals surface area contributed by atoms with Crippen LogP contribution in [0.15, 0.2) is 52.3 Å². The Morgan fingerprint density at radius 1 is 1.00 bits per heavy atom. The Hall–Kier alpha value is -2.09. The Kier molecular flexibility index (Phi) is 3.66. The molecule has 0 aliphatic heterocycles. The predicted octanol–water partition coefficient (Wildman–Crippen LogP) is 3.26. The molecule has 0 saturated heterocycles. The van der Waals surface area contributed by atoms with Crippen LogP contribution in [0.3, 0.4) is 0 Å². The molecule has 0 aliphatic rings. The minimum absolute atomic E-state index is 0.502. The van der Waals surface area contributed by atoms with Gasteiger partial charge < -0.3 is 5.73 Å². The highest BCUT2D eigenvalue weighted by Crippen LogP contribution is 2.35. The fraction of sp³-hybridized carbons (Fsp3) is 0.0769. The van der Waals surface area contributed by atoms with Crippen LogP contribution in [-0.4, -0.2) is 8.42 Å². The molecule has 0 aliphatic carbocycles. The summed E-state index contributed by atoms with van der Waals surface area (Å²) in [6.45, 7) is 0. The smallest absolute Gasteiger partial charge is 0.398 e. The van der Waals surface area contributed by atoms with Gasteiger partial charge in [0.15, 0.2) is 0 Å². The van der Waals surface area contributed by atoms with Crippen molar-refractivity contribution >= 4 is 15.5 Å². The van der Waals surface area contributed by atoms with Gasteiger partial charge in [0.1, 0.15) is 10.7 Å². The van der Waals surface area contributed by atoms with Crippen molar-refractivity contribution in [2.24, 2.45) is 0 Å². The molecule has 0 aromatic heterocycles. The van der Waals surface area contributed by atoms with E-state index in [0.29, 0.717) is 12.1 Å². The summed E-state index contributed by atoms with van der Waals surface area (Å²) in [4.78, 5) is -1.12. The maximum Gasteiger partial charge on any atom is 0.418 e.